The van der Waals surface area contributed by atoms with E-state index in [2.05, 4.69) is 20.8 Å². The lowest BCUT2D eigenvalue weighted by Crippen LogP contribution is -2.21. The highest BCUT2D eigenvalue weighted by Crippen LogP contribution is 2.28. The number of halogens is 2. The zero-order valence-electron chi connectivity index (χ0n) is 10.5. The van der Waals surface area contributed by atoms with E-state index in [1.54, 1.807) is 6.07 Å². The molecule has 0 saturated heterocycles. The van der Waals surface area contributed by atoms with Crippen molar-refractivity contribution in [3.8, 4) is 0 Å². The van der Waals surface area contributed by atoms with Crippen LogP contribution >= 0.6 is 11.6 Å². The molecule has 0 aliphatic carbocycles. The van der Waals surface area contributed by atoms with Crippen LogP contribution in [0.5, 0.6) is 0 Å². The van der Waals surface area contributed by atoms with Gasteiger partial charge in [-0.1, -0.05) is 26.8 Å². The maximum atomic E-state index is 12.9. The average Bonchev–Trinajstić information content (AvgIpc) is 2.14. The van der Waals surface area contributed by atoms with Crippen LogP contribution in [0.2, 0.25) is 0 Å². The first-order valence-corrected chi connectivity index (χ1v) is 6.13. The molecule has 0 heterocycles. The number of hydrogen-bond acceptors (Lipinski definition) is 0. The second-order valence-corrected chi connectivity index (χ2v) is 5.97. The van der Waals surface area contributed by atoms with Crippen molar-refractivity contribution in [2.24, 2.45) is 5.41 Å². The fraction of sp³-hybridized carbons (Fsp3) is 0.571. The number of hydrogen-bond donors (Lipinski definition) is 0. The summed E-state index contributed by atoms with van der Waals surface area (Å²) in [5.74, 6) is -0.167. The van der Waals surface area contributed by atoms with Gasteiger partial charge in [0, 0.05) is 5.38 Å². The molecule has 0 aromatic heterocycles. The largest absolute Gasteiger partial charge is 0.207 e. The van der Waals surface area contributed by atoms with Gasteiger partial charge in [0.25, 0.3) is 0 Å². The van der Waals surface area contributed by atoms with Gasteiger partial charge in [0.1, 0.15) is 5.82 Å². The van der Waals surface area contributed by atoms with Crippen LogP contribution in [0.15, 0.2) is 18.2 Å². The molecule has 0 fully saturated rings. The third-order valence-electron chi connectivity index (χ3n) is 2.91. The minimum atomic E-state index is -0.167. The van der Waals surface area contributed by atoms with Crippen LogP contribution in [-0.4, -0.2) is 5.38 Å². The Morgan fingerprint density at radius 2 is 1.94 bits per heavy atom. The molecule has 0 amide bonds. The Morgan fingerprint density at radius 3 is 2.44 bits per heavy atom. The smallest absolute Gasteiger partial charge is 0.123 e. The maximum absolute atomic E-state index is 12.9. The molecule has 0 N–H and O–H groups in total. The SMILES string of the molecule is Cc1cc(F)ccc1CCC(Cl)C(C)(C)C. The van der Waals surface area contributed by atoms with Gasteiger partial charge in [-0.25, -0.2) is 4.39 Å². The molecule has 0 aliphatic heterocycles. The van der Waals surface area contributed by atoms with Crippen molar-refractivity contribution in [2.45, 2.75) is 45.9 Å². The molecule has 0 saturated carbocycles. The van der Waals surface area contributed by atoms with E-state index >= 15 is 0 Å². The Bertz CT molecular complexity index is 352. The van der Waals surface area contributed by atoms with Crippen LogP contribution in [0.25, 0.3) is 0 Å². The lowest BCUT2D eigenvalue weighted by Gasteiger charge is -2.25. The topological polar surface area (TPSA) is 0 Å². The normalized spacial score (nSPS) is 13.9. The van der Waals surface area contributed by atoms with Crippen molar-refractivity contribution >= 4 is 11.6 Å². The number of alkyl halides is 1. The van der Waals surface area contributed by atoms with Crippen molar-refractivity contribution in [1.29, 1.82) is 0 Å². The van der Waals surface area contributed by atoms with E-state index in [-0.39, 0.29) is 16.6 Å². The highest BCUT2D eigenvalue weighted by atomic mass is 35.5. The molecule has 0 aliphatic rings. The lowest BCUT2D eigenvalue weighted by molar-refractivity contribution is 0.374. The molecule has 1 aromatic carbocycles. The van der Waals surface area contributed by atoms with Crippen LogP contribution in [0, 0.1) is 18.2 Å². The Balaban J connectivity index is 2.62. The summed E-state index contributed by atoms with van der Waals surface area (Å²) < 4.78 is 12.9. The van der Waals surface area contributed by atoms with Crippen molar-refractivity contribution in [3.63, 3.8) is 0 Å². The molecule has 2 heteroatoms. The second-order valence-electron chi connectivity index (χ2n) is 5.44. The summed E-state index contributed by atoms with van der Waals surface area (Å²) in [4.78, 5) is 0. The monoisotopic (exact) mass is 242 g/mol. The maximum Gasteiger partial charge on any atom is 0.123 e. The van der Waals surface area contributed by atoms with E-state index in [1.165, 1.54) is 11.6 Å². The van der Waals surface area contributed by atoms with Gasteiger partial charge in [-0.2, -0.15) is 0 Å². The van der Waals surface area contributed by atoms with Gasteiger partial charge in [0.2, 0.25) is 0 Å². The van der Waals surface area contributed by atoms with Gasteiger partial charge < -0.3 is 0 Å². The first kappa shape index (κ1) is 13.5. The van der Waals surface area contributed by atoms with E-state index in [9.17, 15) is 4.39 Å². The van der Waals surface area contributed by atoms with Gasteiger partial charge in [-0.3, -0.25) is 0 Å². The molecular weight excluding hydrogens is 223 g/mol. The summed E-state index contributed by atoms with van der Waals surface area (Å²) >= 11 is 6.32. The summed E-state index contributed by atoms with van der Waals surface area (Å²) in [7, 11) is 0. The van der Waals surface area contributed by atoms with Crippen LogP contribution in [0.4, 0.5) is 4.39 Å². The predicted molar refractivity (Wildman–Crippen MR) is 68.6 cm³/mol. The fourth-order valence-corrected chi connectivity index (χ4v) is 1.76. The molecular formula is C14H20ClF. The molecule has 0 nitrogen and oxygen atoms in total. The van der Waals surface area contributed by atoms with Crippen LogP contribution < -0.4 is 0 Å². The molecule has 1 rings (SSSR count). The predicted octanol–water partition coefficient (Wildman–Crippen LogP) is 4.72. The first-order valence-electron chi connectivity index (χ1n) is 5.70. The Morgan fingerprint density at radius 1 is 1.31 bits per heavy atom. The van der Waals surface area contributed by atoms with Gasteiger partial charge in [-0.15, -0.1) is 11.6 Å². The number of rotatable bonds is 3. The van der Waals surface area contributed by atoms with Gasteiger partial charge in [0.15, 0.2) is 0 Å². The van der Waals surface area contributed by atoms with Gasteiger partial charge >= 0.3 is 0 Å². The minimum absolute atomic E-state index is 0.121. The second kappa shape index (κ2) is 5.18. The zero-order valence-corrected chi connectivity index (χ0v) is 11.2. The van der Waals surface area contributed by atoms with Crippen molar-refractivity contribution in [2.75, 3.05) is 0 Å². The summed E-state index contributed by atoms with van der Waals surface area (Å²) in [6.07, 6.45) is 1.84. The molecule has 1 aromatic rings. The Labute approximate surface area is 103 Å². The van der Waals surface area contributed by atoms with Crippen LogP contribution in [0.3, 0.4) is 0 Å². The third-order valence-corrected chi connectivity index (χ3v) is 3.78. The van der Waals surface area contributed by atoms with E-state index in [4.69, 9.17) is 11.6 Å². The third kappa shape index (κ3) is 3.79. The van der Waals surface area contributed by atoms with Crippen molar-refractivity contribution in [3.05, 3.63) is 35.1 Å². The molecule has 90 valence electrons. The summed E-state index contributed by atoms with van der Waals surface area (Å²) in [6, 6.07) is 4.95. The van der Waals surface area contributed by atoms with Gasteiger partial charge in [0.05, 0.1) is 0 Å². The molecule has 1 atom stereocenters. The molecule has 0 spiro atoms. The molecule has 1 unspecified atom stereocenters. The molecule has 16 heavy (non-hydrogen) atoms. The van der Waals surface area contributed by atoms with Gasteiger partial charge in [-0.05, 0) is 48.4 Å². The fourth-order valence-electron chi connectivity index (χ4n) is 1.66. The minimum Gasteiger partial charge on any atom is -0.207 e. The van der Waals surface area contributed by atoms with Crippen LogP contribution in [-0.2, 0) is 6.42 Å². The number of aryl methyl sites for hydroxylation is 2. The van der Waals surface area contributed by atoms with E-state index < -0.39 is 0 Å². The molecule has 0 radical (unpaired) electrons. The Hall–Kier alpha value is -0.560. The van der Waals surface area contributed by atoms with Crippen molar-refractivity contribution in [1.82, 2.24) is 0 Å². The standard InChI is InChI=1S/C14H20ClF/c1-10-9-12(16)7-5-11(10)6-8-13(15)14(2,3)4/h5,7,9,13H,6,8H2,1-4H3. The quantitative estimate of drug-likeness (QED) is 0.673. The summed E-state index contributed by atoms with van der Waals surface area (Å²) in [5.41, 5.74) is 2.32. The summed E-state index contributed by atoms with van der Waals surface area (Å²) in [6.45, 7) is 8.37. The van der Waals surface area contributed by atoms with Crippen molar-refractivity contribution < 1.29 is 4.39 Å². The summed E-state index contributed by atoms with van der Waals surface area (Å²) in [5, 5.41) is 0.150. The van der Waals surface area contributed by atoms with E-state index in [0.29, 0.717) is 0 Å². The first-order chi connectivity index (χ1) is 7.30. The average molecular weight is 243 g/mol. The highest BCUT2D eigenvalue weighted by molar-refractivity contribution is 6.21. The van der Waals surface area contributed by atoms with E-state index in [1.807, 2.05) is 13.0 Å². The molecule has 0 bridgehead atoms. The lowest BCUT2D eigenvalue weighted by atomic mass is 9.88. The van der Waals surface area contributed by atoms with E-state index in [0.717, 1.165) is 18.4 Å². The number of benzene rings is 1. The zero-order chi connectivity index (χ0) is 12.3. The van der Waals surface area contributed by atoms with Crippen LogP contribution in [0.1, 0.15) is 38.3 Å². The Kier molecular flexibility index (Phi) is 4.37. The highest BCUT2D eigenvalue weighted by Gasteiger charge is 2.21.